The third kappa shape index (κ3) is 5.48. The molecule has 0 bridgehead atoms. The van der Waals surface area contributed by atoms with Crippen LogP contribution in [0.25, 0.3) is 0 Å². The van der Waals surface area contributed by atoms with Crippen LogP contribution in [0.3, 0.4) is 0 Å². The van der Waals surface area contributed by atoms with E-state index in [0.29, 0.717) is 11.3 Å². The Morgan fingerprint density at radius 1 is 1.06 bits per heavy atom. The van der Waals surface area contributed by atoms with Crippen LogP contribution in [0.5, 0.6) is 0 Å². The monoisotopic (exact) mass is 423 g/mol. The molecular weight excluding hydrogens is 398 g/mol. The van der Waals surface area contributed by atoms with Gasteiger partial charge in [-0.3, -0.25) is 29.6 Å². The summed E-state index contributed by atoms with van der Waals surface area (Å²) in [4.78, 5) is 48.9. The minimum atomic E-state index is -0.751. The Morgan fingerprint density at radius 2 is 1.77 bits per heavy atom. The van der Waals surface area contributed by atoms with Crippen molar-refractivity contribution in [1.82, 2.24) is 10.4 Å². The van der Waals surface area contributed by atoms with E-state index in [1.54, 1.807) is 30.3 Å². The normalized spacial score (nSPS) is 15.5. The standard InChI is InChI=1S/C23H25N3O5/c1-14-7-9-17(10-8-14)22(29)25-26-12-18(11-21(26)28)23(30)31-13-20(27)24-19-6-4-5-15(2)16(19)3/h4-10,18H,11-13H2,1-3H3,(H,24,27)(H,25,29)/t18-/m0/s1. The smallest absolute Gasteiger partial charge is 0.311 e. The van der Waals surface area contributed by atoms with Crippen LogP contribution in [-0.4, -0.2) is 41.9 Å². The molecule has 31 heavy (non-hydrogen) atoms. The second kappa shape index (κ2) is 9.42. The highest BCUT2D eigenvalue weighted by Gasteiger charge is 2.36. The fourth-order valence-electron chi connectivity index (χ4n) is 3.19. The van der Waals surface area contributed by atoms with Gasteiger partial charge < -0.3 is 10.1 Å². The Labute approximate surface area is 180 Å². The molecule has 1 saturated heterocycles. The maximum absolute atomic E-state index is 12.3. The van der Waals surface area contributed by atoms with Crippen molar-refractivity contribution < 1.29 is 23.9 Å². The van der Waals surface area contributed by atoms with Crippen LogP contribution in [0.15, 0.2) is 42.5 Å². The third-order valence-corrected chi connectivity index (χ3v) is 5.23. The Balaban J connectivity index is 1.49. The summed E-state index contributed by atoms with van der Waals surface area (Å²) in [6, 6.07) is 12.4. The fourth-order valence-corrected chi connectivity index (χ4v) is 3.19. The molecule has 2 aromatic rings. The summed E-state index contributed by atoms with van der Waals surface area (Å²) in [7, 11) is 0. The van der Waals surface area contributed by atoms with E-state index in [2.05, 4.69) is 10.7 Å². The lowest BCUT2D eigenvalue weighted by Crippen LogP contribution is -2.43. The molecule has 8 heteroatoms. The first kappa shape index (κ1) is 22.0. The summed E-state index contributed by atoms with van der Waals surface area (Å²) in [5.74, 6) is -2.69. The van der Waals surface area contributed by atoms with Gasteiger partial charge in [0, 0.05) is 17.7 Å². The van der Waals surface area contributed by atoms with Crippen LogP contribution < -0.4 is 10.7 Å². The van der Waals surface area contributed by atoms with Gasteiger partial charge in [-0.1, -0.05) is 29.8 Å². The summed E-state index contributed by atoms with van der Waals surface area (Å²) in [5.41, 5.74) is 6.56. The lowest BCUT2D eigenvalue weighted by atomic mass is 10.1. The zero-order chi connectivity index (χ0) is 22.5. The molecule has 1 aliphatic heterocycles. The topological polar surface area (TPSA) is 105 Å². The van der Waals surface area contributed by atoms with Crippen LogP contribution in [0.4, 0.5) is 5.69 Å². The summed E-state index contributed by atoms with van der Waals surface area (Å²) in [6.45, 7) is 5.27. The first-order valence-electron chi connectivity index (χ1n) is 9.95. The van der Waals surface area contributed by atoms with Crippen LogP contribution in [0.2, 0.25) is 0 Å². The number of aryl methyl sites for hydroxylation is 2. The van der Waals surface area contributed by atoms with Gasteiger partial charge in [-0.2, -0.15) is 0 Å². The summed E-state index contributed by atoms with van der Waals surface area (Å²) < 4.78 is 5.09. The number of nitrogens with one attached hydrogen (secondary N) is 2. The number of esters is 1. The van der Waals surface area contributed by atoms with E-state index in [1.807, 2.05) is 32.9 Å². The van der Waals surface area contributed by atoms with Gasteiger partial charge in [-0.25, -0.2) is 0 Å². The van der Waals surface area contributed by atoms with E-state index >= 15 is 0 Å². The molecule has 0 saturated carbocycles. The molecule has 1 aliphatic rings. The maximum atomic E-state index is 12.3. The van der Waals surface area contributed by atoms with Crippen molar-refractivity contribution in [2.75, 3.05) is 18.5 Å². The Kier molecular flexibility index (Phi) is 6.69. The van der Waals surface area contributed by atoms with Gasteiger partial charge in [0.2, 0.25) is 5.91 Å². The van der Waals surface area contributed by atoms with Gasteiger partial charge in [0.25, 0.3) is 11.8 Å². The van der Waals surface area contributed by atoms with Crippen molar-refractivity contribution >= 4 is 29.4 Å². The molecule has 0 aliphatic carbocycles. The predicted molar refractivity (Wildman–Crippen MR) is 114 cm³/mol. The summed E-state index contributed by atoms with van der Waals surface area (Å²) in [5, 5.41) is 3.83. The van der Waals surface area contributed by atoms with E-state index in [0.717, 1.165) is 21.7 Å². The average molecular weight is 423 g/mol. The molecule has 0 radical (unpaired) electrons. The minimum absolute atomic E-state index is 0.00608. The van der Waals surface area contributed by atoms with Gasteiger partial charge in [0.1, 0.15) is 0 Å². The SMILES string of the molecule is Cc1ccc(C(=O)NN2C[C@@H](C(=O)OCC(=O)Nc3cccc(C)c3C)CC2=O)cc1. The van der Waals surface area contributed by atoms with Gasteiger partial charge in [0.15, 0.2) is 6.61 Å². The lowest BCUT2D eigenvalue weighted by molar-refractivity contribution is -0.151. The van der Waals surface area contributed by atoms with Crippen molar-refractivity contribution in [2.45, 2.75) is 27.2 Å². The number of carbonyl (C=O) groups is 4. The van der Waals surface area contributed by atoms with Crippen LogP contribution in [0, 0.1) is 26.7 Å². The Hall–Kier alpha value is -3.68. The van der Waals surface area contributed by atoms with Crippen molar-refractivity contribution in [1.29, 1.82) is 0 Å². The van der Waals surface area contributed by atoms with E-state index < -0.39 is 30.3 Å². The molecule has 2 N–H and O–H groups in total. The number of ether oxygens (including phenoxy) is 1. The summed E-state index contributed by atoms with van der Waals surface area (Å²) in [6.07, 6.45) is -0.0916. The maximum Gasteiger partial charge on any atom is 0.311 e. The number of carbonyl (C=O) groups excluding carboxylic acids is 4. The first-order chi connectivity index (χ1) is 14.7. The van der Waals surface area contributed by atoms with Gasteiger partial charge in [0.05, 0.1) is 12.5 Å². The average Bonchev–Trinajstić information content (AvgIpc) is 3.10. The highest BCUT2D eigenvalue weighted by atomic mass is 16.5. The molecule has 1 heterocycles. The number of benzene rings is 2. The van der Waals surface area contributed by atoms with Crippen molar-refractivity contribution in [3.63, 3.8) is 0 Å². The molecule has 1 fully saturated rings. The van der Waals surface area contributed by atoms with Crippen LogP contribution in [-0.2, 0) is 19.1 Å². The number of hydrogen-bond donors (Lipinski definition) is 2. The number of nitrogens with zero attached hydrogens (tertiary/aromatic N) is 1. The van der Waals surface area contributed by atoms with Gasteiger partial charge in [-0.05, 0) is 50.1 Å². The molecule has 1 atom stereocenters. The number of hydrazine groups is 1. The van der Waals surface area contributed by atoms with Gasteiger partial charge >= 0.3 is 5.97 Å². The fraction of sp³-hybridized carbons (Fsp3) is 0.304. The minimum Gasteiger partial charge on any atom is -0.455 e. The van der Waals surface area contributed by atoms with Crippen LogP contribution in [0.1, 0.15) is 33.5 Å². The number of hydrogen-bond acceptors (Lipinski definition) is 5. The third-order valence-electron chi connectivity index (χ3n) is 5.23. The molecule has 8 nitrogen and oxygen atoms in total. The van der Waals surface area contributed by atoms with Crippen molar-refractivity contribution in [3.05, 3.63) is 64.7 Å². The zero-order valence-corrected chi connectivity index (χ0v) is 17.7. The van der Waals surface area contributed by atoms with Gasteiger partial charge in [-0.15, -0.1) is 0 Å². The zero-order valence-electron chi connectivity index (χ0n) is 17.7. The second-order valence-corrected chi connectivity index (χ2v) is 7.62. The van der Waals surface area contributed by atoms with E-state index in [-0.39, 0.29) is 18.9 Å². The van der Waals surface area contributed by atoms with Crippen LogP contribution >= 0.6 is 0 Å². The van der Waals surface area contributed by atoms with E-state index in [1.165, 1.54) is 0 Å². The first-order valence-corrected chi connectivity index (χ1v) is 9.95. The summed E-state index contributed by atoms with van der Waals surface area (Å²) >= 11 is 0. The largest absolute Gasteiger partial charge is 0.455 e. The number of rotatable bonds is 6. The molecule has 0 spiro atoms. The Bertz CT molecular complexity index is 1020. The quantitative estimate of drug-likeness (QED) is 0.694. The molecule has 3 amide bonds. The number of amides is 3. The van der Waals surface area contributed by atoms with Crippen molar-refractivity contribution in [3.8, 4) is 0 Å². The molecule has 0 unspecified atom stereocenters. The molecule has 2 aromatic carbocycles. The highest BCUT2D eigenvalue weighted by molar-refractivity contribution is 5.97. The predicted octanol–water partition coefficient (Wildman–Crippen LogP) is 2.29. The van der Waals surface area contributed by atoms with Crippen molar-refractivity contribution in [2.24, 2.45) is 5.92 Å². The second-order valence-electron chi connectivity index (χ2n) is 7.62. The van der Waals surface area contributed by atoms with E-state index in [4.69, 9.17) is 4.74 Å². The van der Waals surface area contributed by atoms with E-state index in [9.17, 15) is 19.2 Å². The Morgan fingerprint density at radius 3 is 2.48 bits per heavy atom. The lowest BCUT2D eigenvalue weighted by Gasteiger charge is -2.17. The highest BCUT2D eigenvalue weighted by Crippen LogP contribution is 2.19. The molecule has 3 rings (SSSR count). The number of anilines is 1. The molecule has 0 aromatic heterocycles. The molecule has 162 valence electrons. The molecular formula is C23H25N3O5.